The lowest BCUT2D eigenvalue weighted by molar-refractivity contribution is -0.253. The Morgan fingerprint density at radius 1 is 0.709 bits per heavy atom. The molecule has 2 aliphatic heterocycles. The summed E-state index contributed by atoms with van der Waals surface area (Å²) in [6.07, 6.45) is 10.8. The van der Waals surface area contributed by atoms with Gasteiger partial charge in [-0.25, -0.2) is 0 Å². The molecule has 292 valence electrons. The molecule has 3 atom stereocenters. The molecule has 0 saturated carbocycles. The first-order valence-electron chi connectivity index (χ1n) is 20.3. The Morgan fingerprint density at radius 3 is 2.15 bits per heavy atom. The van der Waals surface area contributed by atoms with E-state index in [0.717, 1.165) is 85.1 Å². The van der Waals surface area contributed by atoms with E-state index in [0.29, 0.717) is 30.8 Å². The van der Waals surface area contributed by atoms with E-state index in [1.165, 1.54) is 32.1 Å². The van der Waals surface area contributed by atoms with Crippen LogP contribution >= 0.6 is 0 Å². The number of aliphatic hydroxyl groups is 1. The highest BCUT2D eigenvalue weighted by Crippen LogP contribution is 2.39. The number of carbonyl (C=O) groups is 2. The minimum atomic E-state index is -0.510. The average Bonchev–Trinajstić information content (AvgIpc) is 3.20. The van der Waals surface area contributed by atoms with Crippen molar-refractivity contribution in [3.05, 3.63) is 119 Å². The number of aliphatic hydroxyl groups excluding tert-OH is 1. The van der Waals surface area contributed by atoms with Crippen LogP contribution in [0.2, 0.25) is 0 Å². The van der Waals surface area contributed by atoms with Gasteiger partial charge in [-0.2, -0.15) is 0 Å². The summed E-state index contributed by atoms with van der Waals surface area (Å²) in [7, 11) is 0. The molecule has 0 unspecified atom stereocenters. The predicted octanol–water partition coefficient (Wildman–Crippen LogP) is 8.84. The standard InChI is InChI=1S/C46H58N4O5/c47-41-18-8-9-19-42(41)49-45(53)21-7-3-2-6-20-44(52)48-31-35-14-12-15-37(28-35)38-16-13-17-39(29-38)46-54-40(32-50-26-10-4-1-5-11-27-50)30-43(55-46)36-24-22-34(33-51)23-25-36/h8-9,12-19,22-25,28-29,40,43,46,51H,1-7,10-11,20-21,26-27,30-33,47H2,(H,48,52)(H,49,53)/t40-,43+,46+/m1/s1. The minimum absolute atomic E-state index is 0.0203. The van der Waals surface area contributed by atoms with Crippen LogP contribution in [0.4, 0.5) is 11.4 Å². The summed E-state index contributed by atoms with van der Waals surface area (Å²) in [5, 5.41) is 15.6. The number of anilines is 2. The maximum absolute atomic E-state index is 12.7. The quantitative estimate of drug-likeness (QED) is 0.0667. The van der Waals surface area contributed by atoms with E-state index in [1.54, 1.807) is 12.1 Å². The van der Waals surface area contributed by atoms with Gasteiger partial charge >= 0.3 is 0 Å². The third-order valence-electron chi connectivity index (χ3n) is 10.7. The normalized spacial score (nSPS) is 19.3. The summed E-state index contributed by atoms with van der Waals surface area (Å²) < 4.78 is 13.4. The second-order valence-corrected chi connectivity index (χ2v) is 15.1. The number of benzene rings is 4. The molecule has 0 radical (unpaired) electrons. The van der Waals surface area contributed by atoms with Crippen LogP contribution in [-0.4, -0.2) is 47.6 Å². The fourth-order valence-corrected chi connectivity index (χ4v) is 7.58. The van der Waals surface area contributed by atoms with Crippen molar-refractivity contribution in [1.82, 2.24) is 10.2 Å². The Kier molecular flexibility index (Phi) is 15.3. The summed E-state index contributed by atoms with van der Waals surface area (Å²) >= 11 is 0. The zero-order chi connectivity index (χ0) is 38.2. The monoisotopic (exact) mass is 746 g/mol. The van der Waals surface area contributed by atoms with E-state index in [4.69, 9.17) is 15.2 Å². The van der Waals surface area contributed by atoms with Crippen molar-refractivity contribution in [3.63, 3.8) is 0 Å². The number of carbonyl (C=O) groups excluding carboxylic acids is 2. The number of nitrogen functional groups attached to an aromatic ring is 1. The summed E-state index contributed by atoms with van der Waals surface area (Å²) in [6.45, 7) is 3.59. The van der Waals surface area contributed by atoms with E-state index in [2.05, 4.69) is 64.1 Å². The third kappa shape index (κ3) is 12.5. The molecule has 4 aromatic carbocycles. The van der Waals surface area contributed by atoms with Crippen LogP contribution in [0.5, 0.6) is 0 Å². The number of likely N-dealkylation sites (tertiary alicyclic amines) is 1. The molecule has 2 aliphatic rings. The number of hydrogen-bond acceptors (Lipinski definition) is 7. The number of ether oxygens (including phenoxy) is 2. The highest BCUT2D eigenvalue weighted by Gasteiger charge is 2.33. The molecule has 2 amide bonds. The molecule has 0 bridgehead atoms. The second-order valence-electron chi connectivity index (χ2n) is 15.1. The zero-order valence-electron chi connectivity index (χ0n) is 32.1. The Labute approximate surface area is 326 Å². The molecule has 5 N–H and O–H groups in total. The predicted molar refractivity (Wildman–Crippen MR) is 219 cm³/mol. The first-order chi connectivity index (χ1) is 26.9. The van der Waals surface area contributed by atoms with E-state index >= 15 is 0 Å². The number of nitrogens with one attached hydrogen (secondary N) is 2. The van der Waals surface area contributed by atoms with E-state index < -0.39 is 6.29 Å². The number of para-hydroxylation sites is 2. The molecule has 0 aliphatic carbocycles. The maximum atomic E-state index is 12.7. The summed E-state index contributed by atoms with van der Waals surface area (Å²) in [4.78, 5) is 27.5. The van der Waals surface area contributed by atoms with Crippen molar-refractivity contribution in [2.75, 3.05) is 30.7 Å². The van der Waals surface area contributed by atoms with Crippen LogP contribution in [0.15, 0.2) is 97.1 Å². The largest absolute Gasteiger partial charge is 0.397 e. The van der Waals surface area contributed by atoms with Gasteiger partial charge < -0.3 is 35.8 Å². The molecular formula is C46H58N4O5. The molecule has 4 aromatic rings. The third-order valence-corrected chi connectivity index (χ3v) is 10.7. The molecule has 9 heteroatoms. The number of hydrogen-bond donors (Lipinski definition) is 4. The lowest BCUT2D eigenvalue weighted by atomic mass is 9.98. The molecule has 9 nitrogen and oxygen atoms in total. The van der Waals surface area contributed by atoms with Crippen molar-refractivity contribution in [2.24, 2.45) is 0 Å². The number of amides is 2. The summed E-state index contributed by atoms with van der Waals surface area (Å²) in [5.41, 5.74) is 13.2. The summed E-state index contributed by atoms with van der Waals surface area (Å²) in [5.74, 6) is -0.0138. The highest BCUT2D eigenvalue weighted by atomic mass is 16.7. The van der Waals surface area contributed by atoms with Gasteiger partial charge in [-0.15, -0.1) is 0 Å². The van der Waals surface area contributed by atoms with Crippen molar-refractivity contribution in [3.8, 4) is 11.1 Å². The topological polar surface area (TPSA) is 126 Å². The van der Waals surface area contributed by atoms with E-state index in [-0.39, 0.29) is 30.6 Å². The number of nitrogens with two attached hydrogens (primary N) is 1. The van der Waals surface area contributed by atoms with Crippen molar-refractivity contribution in [1.29, 1.82) is 0 Å². The Bertz CT molecular complexity index is 1810. The van der Waals surface area contributed by atoms with Crippen LogP contribution in [0.1, 0.15) is 112 Å². The molecule has 6 rings (SSSR count). The Hall–Kier alpha value is -4.54. The molecule has 2 fully saturated rings. The van der Waals surface area contributed by atoms with Crippen LogP contribution in [0.3, 0.4) is 0 Å². The van der Waals surface area contributed by atoms with Crippen LogP contribution in [0.25, 0.3) is 11.1 Å². The van der Waals surface area contributed by atoms with Gasteiger partial charge in [0.2, 0.25) is 11.8 Å². The van der Waals surface area contributed by atoms with Gasteiger partial charge in [0, 0.05) is 37.9 Å². The van der Waals surface area contributed by atoms with Gasteiger partial charge in [-0.1, -0.05) is 105 Å². The van der Waals surface area contributed by atoms with Crippen LogP contribution < -0.4 is 16.4 Å². The van der Waals surface area contributed by atoms with Crippen LogP contribution in [0, 0.1) is 0 Å². The number of rotatable bonds is 16. The van der Waals surface area contributed by atoms with Crippen molar-refractivity contribution < 1.29 is 24.2 Å². The van der Waals surface area contributed by atoms with Gasteiger partial charge in [0.05, 0.1) is 30.2 Å². The first kappa shape index (κ1) is 40.1. The van der Waals surface area contributed by atoms with E-state index in [9.17, 15) is 14.7 Å². The van der Waals surface area contributed by atoms with Gasteiger partial charge in [0.1, 0.15) is 0 Å². The molecule has 0 aromatic heterocycles. The lowest BCUT2D eigenvalue weighted by Crippen LogP contribution is -2.40. The molecule has 0 spiro atoms. The van der Waals surface area contributed by atoms with Crippen molar-refractivity contribution in [2.45, 2.75) is 109 Å². The number of unbranched alkanes of at least 4 members (excludes halogenated alkanes) is 3. The first-order valence-corrected chi connectivity index (χ1v) is 20.3. The van der Waals surface area contributed by atoms with Gasteiger partial charge in [0.25, 0.3) is 0 Å². The maximum Gasteiger partial charge on any atom is 0.224 e. The Morgan fingerprint density at radius 2 is 1.40 bits per heavy atom. The summed E-state index contributed by atoms with van der Waals surface area (Å²) in [6, 6.07) is 32.0. The average molecular weight is 747 g/mol. The van der Waals surface area contributed by atoms with Gasteiger partial charge in [0.15, 0.2) is 6.29 Å². The molecular weight excluding hydrogens is 689 g/mol. The SMILES string of the molecule is Nc1ccccc1NC(=O)CCCCCCC(=O)NCc1cccc(-c2cccc([C@H]3O[C@@H](CN4CCCCCCC4)C[C@@H](c4ccc(CO)cc4)O3)c2)c1. The Balaban J connectivity index is 1.01. The fraction of sp³-hybridized carbons (Fsp3) is 0.435. The minimum Gasteiger partial charge on any atom is -0.397 e. The van der Waals surface area contributed by atoms with Crippen LogP contribution in [-0.2, 0) is 32.2 Å². The van der Waals surface area contributed by atoms with Crippen molar-refractivity contribution >= 4 is 23.2 Å². The number of nitrogens with zero attached hydrogens (tertiary/aromatic N) is 1. The van der Waals surface area contributed by atoms with Gasteiger partial charge in [-0.3, -0.25) is 9.59 Å². The second kappa shape index (κ2) is 20.9. The molecule has 2 saturated heterocycles. The zero-order valence-corrected chi connectivity index (χ0v) is 32.1. The smallest absolute Gasteiger partial charge is 0.224 e. The van der Waals surface area contributed by atoms with E-state index in [1.807, 2.05) is 36.4 Å². The molecule has 2 heterocycles. The highest BCUT2D eigenvalue weighted by molar-refractivity contribution is 5.93. The fourth-order valence-electron chi connectivity index (χ4n) is 7.58. The lowest BCUT2D eigenvalue weighted by Gasteiger charge is -2.39. The van der Waals surface area contributed by atoms with Gasteiger partial charge in [-0.05, 0) is 90.9 Å². The molecule has 55 heavy (non-hydrogen) atoms.